The second kappa shape index (κ2) is 9.62. The van der Waals surface area contributed by atoms with Gasteiger partial charge in [-0.3, -0.25) is 19.7 Å². The monoisotopic (exact) mass is 538 g/mol. The highest BCUT2D eigenvalue weighted by atomic mass is 16.6. The number of piperidine rings is 1. The maximum absolute atomic E-state index is 13.7. The Hall–Kier alpha value is -4.47. The van der Waals surface area contributed by atoms with Crippen LogP contribution in [0.5, 0.6) is 0 Å². The first-order valence-corrected chi connectivity index (χ1v) is 13.9. The molecule has 4 atom stereocenters. The normalized spacial score (nSPS) is 22.8. The smallest absolute Gasteiger partial charge is 0.269 e. The first-order chi connectivity index (χ1) is 19.5. The highest BCUT2D eigenvalue weighted by Gasteiger charge is 2.49. The Morgan fingerprint density at radius 1 is 1.12 bits per heavy atom. The van der Waals surface area contributed by atoms with Crippen molar-refractivity contribution in [3.63, 3.8) is 0 Å². The van der Waals surface area contributed by atoms with Crippen molar-refractivity contribution in [2.45, 2.75) is 44.2 Å². The van der Waals surface area contributed by atoms with E-state index < -0.39 is 0 Å². The Labute approximate surface area is 230 Å². The van der Waals surface area contributed by atoms with Crippen molar-refractivity contribution in [3.05, 3.63) is 98.2 Å². The van der Waals surface area contributed by atoms with E-state index in [1.54, 1.807) is 18.2 Å². The van der Waals surface area contributed by atoms with Crippen LogP contribution in [0.25, 0.3) is 11.0 Å². The van der Waals surface area contributed by atoms with E-state index in [1.807, 2.05) is 47.0 Å². The molecule has 2 N–H and O–H groups in total. The van der Waals surface area contributed by atoms with Crippen LogP contribution in [0.15, 0.2) is 65.5 Å². The summed E-state index contributed by atoms with van der Waals surface area (Å²) in [6.07, 6.45) is 2.81. The number of amides is 1. The van der Waals surface area contributed by atoms with Crippen molar-refractivity contribution < 1.29 is 9.72 Å². The molecule has 10 nitrogen and oxygen atoms in total. The van der Waals surface area contributed by atoms with Gasteiger partial charge in [-0.1, -0.05) is 18.2 Å². The van der Waals surface area contributed by atoms with E-state index in [0.717, 1.165) is 46.6 Å². The van der Waals surface area contributed by atoms with Gasteiger partial charge in [-0.15, -0.1) is 0 Å². The third-order valence-corrected chi connectivity index (χ3v) is 8.87. The van der Waals surface area contributed by atoms with Crippen molar-refractivity contribution in [1.29, 1.82) is 0 Å². The summed E-state index contributed by atoms with van der Waals surface area (Å²) < 4.78 is 1.88. The number of non-ortho nitro benzene ring substituents is 1. The molecule has 2 aromatic heterocycles. The minimum absolute atomic E-state index is 0.000858. The van der Waals surface area contributed by atoms with Crippen LogP contribution in [0.2, 0.25) is 0 Å². The number of anilines is 1. The molecule has 3 aliphatic rings. The number of aromatic amines is 1. The number of carbonyl (C=O) groups is 1. The summed E-state index contributed by atoms with van der Waals surface area (Å²) in [5, 5.41) is 14.7. The number of aryl methyl sites for hydroxylation is 1. The van der Waals surface area contributed by atoms with Crippen LogP contribution < -0.4 is 15.8 Å². The fourth-order valence-electron chi connectivity index (χ4n) is 7.17. The van der Waals surface area contributed by atoms with Crippen LogP contribution in [0.4, 0.5) is 11.4 Å². The second-order valence-corrected chi connectivity index (χ2v) is 11.2. The number of nitro groups is 1. The molecule has 1 fully saturated rings. The van der Waals surface area contributed by atoms with Crippen LogP contribution in [0.3, 0.4) is 0 Å². The molecule has 2 unspecified atom stereocenters. The third-order valence-electron chi connectivity index (χ3n) is 8.87. The number of hydrogen-bond acceptors (Lipinski definition) is 6. The highest BCUT2D eigenvalue weighted by Crippen LogP contribution is 2.47. The fourth-order valence-corrected chi connectivity index (χ4v) is 7.17. The van der Waals surface area contributed by atoms with Crippen molar-refractivity contribution in [2.24, 2.45) is 11.8 Å². The van der Waals surface area contributed by atoms with Gasteiger partial charge >= 0.3 is 0 Å². The Morgan fingerprint density at radius 3 is 2.85 bits per heavy atom. The zero-order valence-corrected chi connectivity index (χ0v) is 22.0. The number of carbonyl (C=O) groups excluding carboxylic acids is 1. The summed E-state index contributed by atoms with van der Waals surface area (Å²) in [4.78, 5) is 47.9. The van der Waals surface area contributed by atoms with Crippen LogP contribution in [-0.4, -0.2) is 44.5 Å². The Balaban J connectivity index is 1.14. The number of hydrogen-bond donors (Lipinski definition) is 2. The summed E-state index contributed by atoms with van der Waals surface area (Å²) >= 11 is 0. The predicted molar refractivity (Wildman–Crippen MR) is 150 cm³/mol. The van der Waals surface area contributed by atoms with Gasteiger partial charge in [0.2, 0.25) is 5.91 Å². The van der Waals surface area contributed by atoms with E-state index in [2.05, 4.69) is 20.2 Å². The highest BCUT2D eigenvalue weighted by molar-refractivity contribution is 5.82. The predicted octanol–water partition coefficient (Wildman–Crippen LogP) is 3.55. The number of benzene rings is 2. The van der Waals surface area contributed by atoms with E-state index in [1.165, 1.54) is 0 Å². The number of aromatic nitrogens is 3. The van der Waals surface area contributed by atoms with Crippen molar-refractivity contribution in [2.75, 3.05) is 18.0 Å². The molecule has 0 aliphatic carbocycles. The molecule has 10 heteroatoms. The molecule has 5 heterocycles. The molecule has 2 bridgehead atoms. The van der Waals surface area contributed by atoms with Gasteiger partial charge in [0.15, 0.2) is 0 Å². The molecule has 3 aliphatic heterocycles. The molecular weight excluding hydrogens is 508 g/mol. The number of imidazole rings is 1. The summed E-state index contributed by atoms with van der Waals surface area (Å²) in [7, 11) is 0. The van der Waals surface area contributed by atoms with Gasteiger partial charge < -0.3 is 19.8 Å². The minimum Gasteiger partial charge on any atom is -0.366 e. The zero-order valence-electron chi connectivity index (χ0n) is 22.0. The van der Waals surface area contributed by atoms with E-state index in [9.17, 15) is 19.7 Å². The topological polar surface area (TPSA) is 126 Å². The van der Waals surface area contributed by atoms with Gasteiger partial charge in [0, 0.05) is 67.6 Å². The van der Waals surface area contributed by atoms with Gasteiger partial charge in [-0.25, -0.2) is 4.98 Å². The minimum atomic E-state index is -0.382. The Morgan fingerprint density at radius 2 is 2.00 bits per heavy atom. The molecule has 204 valence electrons. The molecule has 1 amide bonds. The van der Waals surface area contributed by atoms with Gasteiger partial charge in [-0.2, -0.15) is 0 Å². The number of nitro benzene ring substituents is 1. The lowest BCUT2D eigenvalue weighted by molar-refractivity contribution is -0.384. The largest absolute Gasteiger partial charge is 0.366 e. The lowest BCUT2D eigenvalue weighted by atomic mass is 9.70. The molecule has 7 rings (SSSR count). The van der Waals surface area contributed by atoms with Crippen LogP contribution in [0.1, 0.15) is 35.8 Å². The summed E-state index contributed by atoms with van der Waals surface area (Å²) in [6, 6.07) is 18.3. The molecule has 1 saturated heterocycles. The SMILES string of the molecule is O=C(NCCCc1nc2ccccc2[nH]1)[C@@H]1Cc2cc([N+](=O)[O-])ccc2N2CC3CC(Cn4c3cccc4=O)[C@@H]12. The van der Waals surface area contributed by atoms with Crippen molar-refractivity contribution in [1.82, 2.24) is 19.9 Å². The summed E-state index contributed by atoms with van der Waals surface area (Å²) in [6.45, 7) is 1.76. The van der Waals surface area contributed by atoms with Crippen LogP contribution in [-0.2, 0) is 24.2 Å². The molecule has 0 spiro atoms. The lowest BCUT2D eigenvalue weighted by Crippen LogP contribution is -2.61. The number of para-hydroxylation sites is 2. The number of pyridine rings is 1. The van der Waals surface area contributed by atoms with Crippen molar-refractivity contribution in [3.8, 4) is 0 Å². The Kier molecular flexibility index (Phi) is 5.91. The number of fused-ring (bicyclic) bond motifs is 9. The summed E-state index contributed by atoms with van der Waals surface area (Å²) in [5.74, 6) is 0.776. The zero-order chi connectivity index (χ0) is 27.4. The van der Waals surface area contributed by atoms with Crippen molar-refractivity contribution >= 4 is 28.3 Å². The average Bonchev–Trinajstić information content (AvgIpc) is 3.38. The first kappa shape index (κ1) is 24.6. The maximum atomic E-state index is 13.7. The molecule has 40 heavy (non-hydrogen) atoms. The van der Waals surface area contributed by atoms with Gasteiger partial charge in [0.25, 0.3) is 11.2 Å². The number of H-pyrrole nitrogens is 1. The Bertz CT molecular complexity index is 1660. The fraction of sp³-hybridized carbons (Fsp3) is 0.367. The number of nitrogens with one attached hydrogen (secondary N) is 2. The van der Waals surface area contributed by atoms with Gasteiger partial charge in [0.1, 0.15) is 5.82 Å². The molecular formula is C30H30N6O4. The van der Waals surface area contributed by atoms with E-state index in [4.69, 9.17) is 0 Å². The average molecular weight is 539 g/mol. The van der Waals surface area contributed by atoms with E-state index in [0.29, 0.717) is 32.5 Å². The maximum Gasteiger partial charge on any atom is 0.269 e. The van der Waals surface area contributed by atoms with E-state index >= 15 is 0 Å². The first-order valence-electron chi connectivity index (χ1n) is 13.9. The van der Waals surface area contributed by atoms with Gasteiger partial charge in [-0.05, 0) is 55.0 Å². The third kappa shape index (κ3) is 4.14. The second-order valence-electron chi connectivity index (χ2n) is 11.2. The molecule has 0 radical (unpaired) electrons. The molecule has 4 aromatic rings. The van der Waals surface area contributed by atoms with Crippen LogP contribution in [0, 0.1) is 22.0 Å². The summed E-state index contributed by atoms with van der Waals surface area (Å²) in [5.41, 5.74) is 4.79. The van der Waals surface area contributed by atoms with E-state index in [-0.39, 0.29) is 45.9 Å². The lowest BCUT2D eigenvalue weighted by Gasteiger charge is -2.54. The standard InChI is InChI=1S/C30H30N6O4/c37-28-9-3-7-25-19-13-20(17-34(25)28)29-22(15-18-14-21(36(39)40)10-11-26(18)35(29)16-19)30(38)31-12-4-8-27-32-23-5-1-2-6-24(23)33-27/h1-3,5-7,9-11,14,19-20,22,29H,4,8,12-13,15-17H2,(H,31,38)(H,32,33)/t19?,20?,22-,29+/m1/s1. The van der Waals surface area contributed by atoms with Gasteiger partial charge in [0.05, 0.1) is 21.9 Å². The quantitative estimate of drug-likeness (QED) is 0.220. The molecule has 2 aromatic carbocycles. The number of nitrogens with zero attached hydrogens (tertiary/aromatic N) is 4. The number of rotatable bonds is 6. The van der Waals surface area contributed by atoms with Crippen LogP contribution >= 0.6 is 0 Å². The molecule has 0 saturated carbocycles.